The van der Waals surface area contributed by atoms with Crippen molar-refractivity contribution in [3.8, 4) is 0 Å². The van der Waals surface area contributed by atoms with Gasteiger partial charge in [0.25, 0.3) is 0 Å². The van der Waals surface area contributed by atoms with Gasteiger partial charge in [0.1, 0.15) is 0 Å². The molecule has 0 saturated carbocycles. The monoisotopic (exact) mass is 316 g/mol. The van der Waals surface area contributed by atoms with Crippen molar-refractivity contribution in [2.75, 3.05) is 6.61 Å². The summed E-state index contributed by atoms with van der Waals surface area (Å²) in [6, 6.07) is 5.64. The molecule has 0 aliphatic carbocycles. The molecule has 1 aliphatic heterocycles. The minimum absolute atomic E-state index is 0.0969. The van der Waals surface area contributed by atoms with Gasteiger partial charge in [0.15, 0.2) is 0 Å². The van der Waals surface area contributed by atoms with Gasteiger partial charge in [-0.25, -0.2) is 5.43 Å². The van der Waals surface area contributed by atoms with Crippen LogP contribution in [0.15, 0.2) is 34.5 Å². The Labute approximate surface area is 114 Å². The maximum Gasteiger partial charge on any atom is 0.0876 e. The average Bonchev–Trinajstić information content (AvgIpc) is 2.36. The molecular weight excluding hydrogens is 304 g/mol. The molecule has 0 spiro atoms. The number of nitrogens with two attached hydrogens (primary N) is 1. The fourth-order valence-electron chi connectivity index (χ4n) is 1.93. The summed E-state index contributed by atoms with van der Waals surface area (Å²) in [6.45, 7) is 0.771. The molecule has 3 N–H and O–H groups in total. The highest BCUT2D eigenvalue weighted by molar-refractivity contribution is 9.10. The number of nitrogens with one attached hydrogen (secondary N) is 1. The zero-order chi connectivity index (χ0) is 12.3. The Bertz CT molecular complexity index is 437. The number of benzene rings is 1. The van der Waals surface area contributed by atoms with Gasteiger partial charge in [0, 0.05) is 9.50 Å². The molecule has 0 aromatic heterocycles. The summed E-state index contributed by atoms with van der Waals surface area (Å²) in [4.78, 5) is 0. The van der Waals surface area contributed by atoms with Crippen LogP contribution < -0.4 is 11.3 Å². The summed E-state index contributed by atoms with van der Waals surface area (Å²) in [5, 5.41) is 0.697. The van der Waals surface area contributed by atoms with Gasteiger partial charge in [-0.15, -0.1) is 0 Å². The maximum absolute atomic E-state index is 6.20. The molecular formula is C12H14BrClN2O. The van der Waals surface area contributed by atoms with Crippen molar-refractivity contribution in [2.45, 2.75) is 18.9 Å². The van der Waals surface area contributed by atoms with Gasteiger partial charge in [-0.05, 0) is 42.2 Å². The highest BCUT2D eigenvalue weighted by Crippen LogP contribution is 2.33. The lowest BCUT2D eigenvalue weighted by Crippen LogP contribution is -2.30. The van der Waals surface area contributed by atoms with Crippen LogP contribution in [0.4, 0.5) is 0 Å². The van der Waals surface area contributed by atoms with Gasteiger partial charge in [0.2, 0.25) is 0 Å². The van der Waals surface area contributed by atoms with Crippen LogP contribution in [0.2, 0.25) is 5.02 Å². The van der Waals surface area contributed by atoms with E-state index in [1.807, 2.05) is 18.2 Å². The van der Waals surface area contributed by atoms with E-state index in [-0.39, 0.29) is 6.04 Å². The molecule has 1 atom stereocenters. The Hall–Kier alpha value is -0.550. The first-order valence-corrected chi connectivity index (χ1v) is 6.61. The lowest BCUT2D eigenvalue weighted by molar-refractivity contribution is 0.219. The minimum atomic E-state index is -0.0969. The summed E-state index contributed by atoms with van der Waals surface area (Å²) in [5.74, 6) is 5.63. The lowest BCUT2D eigenvalue weighted by Gasteiger charge is -2.23. The molecule has 0 fully saturated rings. The Morgan fingerprint density at radius 2 is 2.29 bits per heavy atom. The SMILES string of the molecule is NNC(C1=COCCC1)c1cc(Br)ccc1Cl. The molecule has 0 radical (unpaired) electrons. The van der Waals surface area contributed by atoms with Gasteiger partial charge in [0.05, 0.1) is 18.9 Å². The van der Waals surface area contributed by atoms with Crippen LogP contribution in [-0.2, 0) is 4.74 Å². The Kier molecular flexibility index (Phi) is 4.45. The largest absolute Gasteiger partial charge is 0.501 e. The van der Waals surface area contributed by atoms with E-state index in [1.165, 1.54) is 0 Å². The van der Waals surface area contributed by atoms with Crippen LogP contribution in [-0.4, -0.2) is 6.61 Å². The van der Waals surface area contributed by atoms with E-state index in [0.29, 0.717) is 5.02 Å². The van der Waals surface area contributed by atoms with E-state index in [1.54, 1.807) is 6.26 Å². The number of hydrogen-bond donors (Lipinski definition) is 2. The maximum atomic E-state index is 6.20. The first-order valence-electron chi connectivity index (χ1n) is 5.44. The Balaban J connectivity index is 2.34. The molecule has 92 valence electrons. The molecule has 1 heterocycles. The molecule has 5 heteroatoms. The summed E-state index contributed by atoms with van der Waals surface area (Å²) >= 11 is 9.64. The van der Waals surface area contributed by atoms with E-state index < -0.39 is 0 Å². The highest BCUT2D eigenvalue weighted by atomic mass is 79.9. The third-order valence-corrected chi connectivity index (χ3v) is 3.61. The van der Waals surface area contributed by atoms with E-state index in [2.05, 4.69) is 21.4 Å². The van der Waals surface area contributed by atoms with Gasteiger partial charge in [-0.3, -0.25) is 5.84 Å². The van der Waals surface area contributed by atoms with Crippen molar-refractivity contribution in [3.63, 3.8) is 0 Å². The van der Waals surface area contributed by atoms with Gasteiger partial charge in [-0.1, -0.05) is 27.5 Å². The fourth-order valence-corrected chi connectivity index (χ4v) is 2.53. The van der Waals surface area contributed by atoms with Crippen LogP contribution in [0.1, 0.15) is 24.4 Å². The molecule has 1 unspecified atom stereocenters. The third kappa shape index (κ3) is 3.01. The number of ether oxygens (including phenoxy) is 1. The third-order valence-electron chi connectivity index (χ3n) is 2.77. The second-order valence-corrected chi connectivity index (χ2v) is 5.26. The molecule has 2 rings (SSSR count). The molecule has 0 saturated heterocycles. The normalized spacial score (nSPS) is 17.2. The summed E-state index contributed by atoms with van der Waals surface area (Å²) in [6.07, 6.45) is 3.76. The number of hydrazine groups is 1. The van der Waals surface area contributed by atoms with E-state index in [4.69, 9.17) is 22.2 Å². The molecule has 0 bridgehead atoms. The molecule has 1 aliphatic rings. The molecule has 1 aromatic rings. The van der Waals surface area contributed by atoms with Crippen molar-refractivity contribution in [1.82, 2.24) is 5.43 Å². The van der Waals surface area contributed by atoms with Gasteiger partial charge < -0.3 is 4.74 Å². The van der Waals surface area contributed by atoms with Crippen molar-refractivity contribution >= 4 is 27.5 Å². The predicted molar refractivity (Wildman–Crippen MR) is 72.5 cm³/mol. The number of halogens is 2. The summed E-state index contributed by atoms with van der Waals surface area (Å²) in [7, 11) is 0. The van der Waals surface area contributed by atoms with Crippen LogP contribution in [0.25, 0.3) is 0 Å². The average molecular weight is 318 g/mol. The molecule has 17 heavy (non-hydrogen) atoms. The van der Waals surface area contributed by atoms with Crippen LogP contribution in [0.5, 0.6) is 0 Å². The van der Waals surface area contributed by atoms with E-state index in [9.17, 15) is 0 Å². The fraction of sp³-hybridized carbons (Fsp3) is 0.333. The topological polar surface area (TPSA) is 47.3 Å². The van der Waals surface area contributed by atoms with E-state index in [0.717, 1.165) is 35.1 Å². The van der Waals surface area contributed by atoms with Crippen molar-refractivity contribution in [1.29, 1.82) is 0 Å². The second kappa shape index (κ2) is 5.87. The standard InChI is InChI=1S/C12H14BrClN2O/c13-9-3-4-11(14)10(6-9)12(16-15)8-2-1-5-17-7-8/h3-4,6-7,12,16H,1-2,5,15H2. The Morgan fingerprint density at radius 3 is 2.94 bits per heavy atom. The minimum Gasteiger partial charge on any atom is -0.501 e. The smallest absolute Gasteiger partial charge is 0.0876 e. The lowest BCUT2D eigenvalue weighted by atomic mass is 9.96. The van der Waals surface area contributed by atoms with Gasteiger partial charge >= 0.3 is 0 Å². The van der Waals surface area contributed by atoms with Crippen molar-refractivity contribution in [3.05, 3.63) is 45.1 Å². The highest BCUT2D eigenvalue weighted by Gasteiger charge is 2.20. The quantitative estimate of drug-likeness (QED) is 0.664. The van der Waals surface area contributed by atoms with Crippen LogP contribution in [0.3, 0.4) is 0 Å². The van der Waals surface area contributed by atoms with Crippen molar-refractivity contribution < 1.29 is 4.74 Å². The summed E-state index contributed by atoms with van der Waals surface area (Å²) < 4.78 is 6.33. The predicted octanol–water partition coefficient (Wildman–Crippen LogP) is 3.30. The second-order valence-electron chi connectivity index (χ2n) is 3.93. The van der Waals surface area contributed by atoms with Gasteiger partial charge in [-0.2, -0.15) is 0 Å². The van der Waals surface area contributed by atoms with Crippen molar-refractivity contribution in [2.24, 2.45) is 5.84 Å². The molecule has 3 nitrogen and oxygen atoms in total. The Morgan fingerprint density at radius 1 is 1.47 bits per heavy atom. The summed E-state index contributed by atoms with van der Waals surface area (Å²) in [5.41, 5.74) is 4.88. The van der Waals surface area contributed by atoms with E-state index >= 15 is 0 Å². The zero-order valence-electron chi connectivity index (χ0n) is 9.25. The first-order chi connectivity index (χ1) is 8.22. The number of hydrogen-bond acceptors (Lipinski definition) is 3. The van der Waals surface area contributed by atoms with Crippen LogP contribution >= 0.6 is 27.5 Å². The molecule has 1 aromatic carbocycles. The number of rotatable bonds is 3. The van der Waals surface area contributed by atoms with Crippen LogP contribution in [0, 0.1) is 0 Å². The molecule has 0 amide bonds. The zero-order valence-corrected chi connectivity index (χ0v) is 11.6. The first kappa shape index (κ1) is 12.9.